The fraction of sp³-hybridized carbons (Fsp3) is 0.125. The minimum absolute atomic E-state index is 0.203. The Balaban J connectivity index is 2.73. The number of fused-ring (bicyclic) bond motifs is 1. The quantitative estimate of drug-likeness (QED) is 0.833. The Morgan fingerprint density at radius 1 is 1.43 bits per heavy atom. The van der Waals surface area contributed by atoms with Crippen LogP contribution in [0.2, 0.25) is 0 Å². The van der Waals surface area contributed by atoms with Gasteiger partial charge in [-0.1, -0.05) is 0 Å². The van der Waals surface area contributed by atoms with Crippen LogP contribution in [0, 0.1) is 0 Å². The van der Waals surface area contributed by atoms with E-state index in [1.165, 1.54) is 0 Å². The zero-order valence-electron chi connectivity index (χ0n) is 7.36. The maximum Gasteiger partial charge on any atom is 0.229 e. The highest BCUT2D eigenvalue weighted by molar-refractivity contribution is 9.10. The number of halogens is 1. The van der Waals surface area contributed by atoms with E-state index in [1.54, 1.807) is 13.3 Å². The SMILES string of the molecule is COc1nc2nc(N)ncc2cc1Br. The summed E-state index contributed by atoms with van der Waals surface area (Å²) in [5.74, 6) is 0.685. The number of anilines is 1. The van der Waals surface area contributed by atoms with Crippen LogP contribution in [0.4, 0.5) is 5.95 Å². The molecule has 6 heteroatoms. The zero-order chi connectivity index (χ0) is 10.1. The number of rotatable bonds is 1. The Kier molecular flexibility index (Phi) is 2.20. The highest BCUT2D eigenvalue weighted by Crippen LogP contribution is 2.25. The summed E-state index contributed by atoms with van der Waals surface area (Å²) in [5, 5.41) is 0.812. The molecule has 72 valence electrons. The normalized spacial score (nSPS) is 10.4. The second-order valence-corrected chi connectivity index (χ2v) is 3.47. The third-order valence-corrected chi connectivity index (χ3v) is 2.27. The fourth-order valence-corrected chi connectivity index (χ4v) is 1.57. The van der Waals surface area contributed by atoms with Crippen LogP contribution >= 0.6 is 15.9 Å². The van der Waals surface area contributed by atoms with Crippen LogP contribution in [0.5, 0.6) is 5.88 Å². The average Bonchev–Trinajstić information content (AvgIpc) is 2.17. The smallest absolute Gasteiger partial charge is 0.229 e. The molecule has 0 spiro atoms. The first-order valence-electron chi connectivity index (χ1n) is 3.83. The van der Waals surface area contributed by atoms with Crippen LogP contribution in [0.15, 0.2) is 16.7 Å². The molecule has 0 aromatic carbocycles. The van der Waals surface area contributed by atoms with Crippen molar-refractivity contribution < 1.29 is 4.74 Å². The van der Waals surface area contributed by atoms with Gasteiger partial charge in [-0.05, 0) is 22.0 Å². The number of methoxy groups -OCH3 is 1. The Hall–Kier alpha value is -1.43. The van der Waals surface area contributed by atoms with Gasteiger partial charge < -0.3 is 10.5 Å². The molecule has 0 atom stereocenters. The van der Waals surface area contributed by atoms with Gasteiger partial charge in [0, 0.05) is 11.6 Å². The van der Waals surface area contributed by atoms with Crippen molar-refractivity contribution in [1.82, 2.24) is 15.0 Å². The highest BCUT2D eigenvalue weighted by Gasteiger charge is 2.05. The number of nitrogen functional groups attached to an aromatic ring is 1. The van der Waals surface area contributed by atoms with Crippen LogP contribution in [-0.2, 0) is 0 Å². The van der Waals surface area contributed by atoms with Crippen molar-refractivity contribution in [1.29, 1.82) is 0 Å². The molecule has 0 aliphatic rings. The molecule has 2 rings (SSSR count). The van der Waals surface area contributed by atoms with Crippen LogP contribution in [0.1, 0.15) is 0 Å². The Morgan fingerprint density at radius 3 is 2.93 bits per heavy atom. The van der Waals surface area contributed by atoms with Gasteiger partial charge in [0.1, 0.15) is 0 Å². The molecule has 0 saturated carbocycles. The van der Waals surface area contributed by atoms with Crippen molar-refractivity contribution in [2.75, 3.05) is 12.8 Å². The molecule has 0 radical (unpaired) electrons. The van der Waals surface area contributed by atoms with Gasteiger partial charge in [0.2, 0.25) is 11.8 Å². The summed E-state index contributed by atoms with van der Waals surface area (Å²) in [6.45, 7) is 0. The van der Waals surface area contributed by atoms with Gasteiger partial charge in [-0.15, -0.1) is 0 Å². The summed E-state index contributed by atoms with van der Waals surface area (Å²) in [6, 6.07) is 1.83. The van der Waals surface area contributed by atoms with Gasteiger partial charge in [-0.25, -0.2) is 4.98 Å². The molecule has 0 aliphatic carbocycles. The first kappa shape index (κ1) is 9.14. The van der Waals surface area contributed by atoms with Gasteiger partial charge in [0.15, 0.2) is 5.65 Å². The molecule has 0 amide bonds. The monoisotopic (exact) mass is 254 g/mol. The lowest BCUT2D eigenvalue weighted by molar-refractivity contribution is 0.396. The van der Waals surface area contributed by atoms with Gasteiger partial charge in [0.25, 0.3) is 0 Å². The van der Waals surface area contributed by atoms with E-state index in [0.717, 1.165) is 9.86 Å². The van der Waals surface area contributed by atoms with Gasteiger partial charge in [0.05, 0.1) is 11.6 Å². The molecule has 2 aromatic rings. The minimum atomic E-state index is 0.203. The topological polar surface area (TPSA) is 73.9 Å². The molecule has 2 heterocycles. The lowest BCUT2D eigenvalue weighted by atomic mass is 10.3. The zero-order valence-corrected chi connectivity index (χ0v) is 8.95. The molecule has 0 bridgehead atoms. The predicted octanol–water partition coefficient (Wildman–Crippen LogP) is 1.38. The number of pyridine rings is 1. The summed E-state index contributed by atoms with van der Waals surface area (Å²) >= 11 is 3.32. The van der Waals surface area contributed by atoms with Crippen molar-refractivity contribution in [3.63, 3.8) is 0 Å². The predicted molar refractivity (Wildman–Crippen MR) is 56.0 cm³/mol. The number of ether oxygens (including phenoxy) is 1. The van der Waals surface area contributed by atoms with Crippen LogP contribution in [-0.4, -0.2) is 22.1 Å². The van der Waals surface area contributed by atoms with Crippen molar-refractivity contribution in [2.24, 2.45) is 0 Å². The molecule has 0 fully saturated rings. The maximum atomic E-state index is 5.44. The van der Waals surface area contributed by atoms with E-state index < -0.39 is 0 Å². The number of nitrogens with two attached hydrogens (primary N) is 1. The van der Waals surface area contributed by atoms with Crippen LogP contribution < -0.4 is 10.5 Å². The third-order valence-electron chi connectivity index (χ3n) is 1.70. The molecular weight excluding hydrogens is 248 g/mol. The molecule has 0 aliphatic heterocycles. The first-order valence-corrected chi connectivity index (χ1v) is 4.63. The third kappa shape index (κ3) is 1.48. The van der Waals surface area contributed by atoms with E-state index >= 15 is 0 Å². The molecule has 14 heavy (non-hydrogen) atoms. The average molecular weight is 255 g/mol. The number of hydrogen-bond acceptors (Lipinski definition) is 5. The van der Waals surface area contributed by atoms with Crippen molar-refractivity contribution >= 4 is 32.9 Å². The van der Waals surface area contributed by atoms with Crippen molar-refractivity contribution in [2.45, 2.75) is 0 Å². The van der Waals surface area contributed by atoms with Gasteiger partial charge in [-0.3, -0.25) is 0 Å². The van der Waals surface area contributed by atoms with E-state index in [4.69, 9.17) is 10.5 Å². The summed E-state index contributed by atoms with van der Waals surface area (Å²) in [4.78, 5) is 12.0. The second-order valence-electron chi connectivity index (χ2n) is 2.62. The van der Waals surface area contributed by atoms with Gasteiger partial charge >= 0.3 is 0 Å². The second kappa shape index (κ2) is 3.38. The Bertz CT molecular complexity index is 488. The van der Waals surface area contributed by atoms with E-state index in [0.29, 0.717) is 11.5 Å². The van der Waals surface area contributed by atoms with Crippen molar-refractivity contribution in [3.05, 3.63) is 16.7 Å². The van der Waals surface area contributed by atoms with E-state index in [2.05, 4.69) is 30.9 Å². The maximum absolute atomic E-state index is 5.44. The van der Waals surface area contributed by atoms with E-state index in [1.807, 2.05) is 6.07 Å². The van der Waals surface area contributed by atoms with Crippen LogP contribution in [0.25, 0.3) is 11.0 Å². The van der Waals surface area contributed by atoms with Crippen LogP contribution in [0.3, 0.4) is 0 Å². The standard InChI is InChI=1S/C8H7BrN4O/c1-14-7-5(9)2-4-3-11-8(10)13-6(4)12-7/h2-3H,1H3,(H2,10,11,12,13). The summed E-state index contributed by atoms with van der Waals surface area (Å²) in [5.41, 5.74) is 5.96. The molecule has 5 nitrogen and oxygen atoms in total. The number of nitrogens with zero attached hydrogens (tertiary/aromatic N) is 3. The van der Waals surface area contributed by atoms with Crippen molar-refractivity contribution in [3.8, 4) is 5.88 Å². The number of aromatic nitrogens is 3. The summed E-state index contributed by atoms with van der Waals surface area (Å²) in [6.07, 6.45) is 1.62. The Labute approximate surface area is 88.5 Å². The molecule has 0 unspecified atom stereocenters. The highest BCUT2D eigenvalue weighted by atomic mass is 79.9. The lowest BCUT2D eigenvalue weighted by Gasteiger charge is -2.03. The van der Waals surface area contributed by atoms with E-state index in [-0.39, 0.29) is 5.95 Å². The molecule has 2 N–H and O–H groups in total. The first-order chi connectivity index (χ1) is 6.70. The summed E-state index contributed by atoms with van der Waals surface area (Å²) < 4.78 is 5.80. The minimum Gasteiger partial charge on any atom is -0.480 e. The molecular formula is C8H7BrN4O. The number of hydrogen-bond donors (Lipinski definition) is 1. The summed E-state index contributed by atoms with van der Waals surface area (Å²) in [7, 11) is 1.55. The van der Waals surface area contributed by atoms with Gasteiger partial charge in [-0.2, -0.15) is 9.97 Å². The Morgan fingerprint density at radius 2 is 2.21 bits per heavy atom. The lowest BCUT2D eigenvalue weighted by Crippen LogP contribution is -1.97. The van der Waals surface area contributed by atoms with E-state index in [9.17, 15) is 0 Å². The largest absolute Gasteiger partial charge is 0.480 e. The molecule has 0 saturated heterocycles. The molecule has 2 aromatic heterocycles. The fourth-order valence-electron chi connectivity index (χ4n) is 1.08.